The molecule has 0 unspecified atom stereocenters. The minimum atomic E-state index is -1.13. The summed E-state index contributed by atoms with van der Waals surface area (Å²) in [5.74, 6) is 0.904. The second-order valence-electron chi connectivity index (χ2n) is 7.62. The van der Waals surface area contributed by atoms with E-state index >= 15 is 0 Å². The number of likely N-dealkylation sites (tertiary alicyclic amines) is 1. The van der Waals surface area contributed by atoms with Gasteiger partial charge in [0.05, 0.1) is 19.3 Å². The maximum atomic E-state index is 12.6. The van der Waals surface area contributed by atoms with Gasteiger partial charge >= 0.3 is 0 Å². The van der Waals surface area contributed by atoms with Crippen LogP contribution in [0.5, 0.6) is 5.75 Å². The molecular formula is C20H29NO5. The van der Waals surface area contributed by atoms with Crippen LogP contribution in [-0.4, -0.2) is 65.1 Å². The third-order valence-electron chi connectivity index (χ3n) is 5.85. The summed E-state index contributed by atoms with van der Waals surface area (Å²) >= 11 is 0. The summed E-state index contributed by atoms with van der Waals surface area (Å²) < 4.78 is 11.2. The van der Waals surface area contributed by atoms with Crippen LogP contribution in [0.2, 0.25) is 0 Å². The number of carbonyl (C=O) groups is 1. The summed E-state index contributed by atoms with van der Waals surface area (Å²) in [5.41, 5.74) is -0.839. The Labute approximate surface area is 154 Å². The Kier molecular flexibility index (Phi) is 5.55. The minimum absolute atomic E-state index is 0.0998. The van der Waals surface area contributed by atoms with Gasteiger partial charge < -0.3 is 24.6 Å². The molecule has 0 bridgehead atoms. The summed E-state index contributed by atoms with van der Waals surface area (Å²) in [5, 5.41) is 20.9. The standard InChI is InChI=1S/C20H29NO5/c1-19(24)11-14-26-20(18(19)23)9-12-21(13-10-20)17(22)8-7-15-5-3-4-6-16(15)25-2/h3-6,18,23-24H,7-14H2,1-2H3/t18-,19+/m0/s1. The molecule has 2 saturated heterocycles. The fourth-order valence-corrected chi connectivity index (χ4v) is 4.10. The van der Waals surface area contributed by atoms with E-state index in [1.54, 1.807) is 14.0 Å². The van der Waals surface area contributed by atoms with Crippen molar-refractivity contribution in [1.82, 2.24) is 4.90 Å². The smallest absolute Gasteiger partial charge is 0.222 e. The van der Waals surface area contributed by atoms with Gasteiger partial charge in [0.15, 0.2) is 0 Å². The molecule has 6 nitrogen and oxygen atoms in total. The van der Waals surface area contributed by atoms with Gasteiger partial charge in [0, 0.05) is 25.9 Å². The third-order valence-corrected chi connectivity index (χ3v) is 5.85. The number of rotatable bonds is 4. The van der Waals surface area contributed by atoms with E-state index in [2.05, 4.69) is 0 Å². The quantitative estimate of drug-likeness (QED) is 0.848. The van der Waals surface area contributed by atoms with E-state index in [9.17, 15) is 15.0 Å². The highest BCUT2D eigenvalue weighted by Gasteiger charge is 2.52. The van der Waals surface area contributed by atoms with Crippen molar-refractivity contribution in [3.63, 3.8) is 0 Å². The lowest BCUT2D eigenvalue weighted by atomic mass is 9.75. The molecule has 3 rings (SSSR count). The maximum Gasteiger partial charge on any atom is 0.222 e. The monoisotopic (exact) mass is 363 g/mol. The van der Waals surface area contributed by atoms with Crippen LogP contribution in [-0.2, 0) is 16.0 Å². The Morgan fingerprint density at radius 3 is 2.69 bits per heavy atom. The zero-order valence-electron chi connectivity index (χ0n) is 15.6. The lowest BCUT2D eigenvalue weighted by Crippen LogP contribution is -2.64. The second kappa shape index (κ2) is 7.55. The van der Waals surface area contributed by atoms with Gasteiger partial charge in [-0.05, 0) is 37.8 Å². The second-order valence-corrected chi connectivity index (χ2v) is 7.62. The van der Waals surface area contributed by atoms with Crippen molar-refractivity contribution in [2.75, 3.05) is 26.8 Å². The summed E-state index contributed by atoms with van der Waals surface area (Å²) in [6.07, 6.45) is 1.66. The average Bonchev–Trinajstić information content (AvgIpc) is 2.65. The van der Waals surface area contributed by atoms with E-state index in [0.29, 0.717) is 51.8 Å². The number of hydrogen-bond acceptors (Lipinski definition) is 5. The number of carbonyl (C=O) groups excluding carboxylic acids is 1. The molecule has 6 heteroatoms. The molecule has 1 amide bonds. The van der Waals surface area contributed by atoms with Gasteiger partial charge in [-0.1, -0.05) is 18.2 Å². The molecule has 0 aromatic heterocycles. The number of hydrogen-bond donors (Lipinski definition) is 2. The zero-order valence-corrected chi connectivity index (χ0v) is 15.6. The molecule has 2 aliphatic heterocycles. The number of methoxy groups -OCH3 is 1. The number of nitrogens with zero attached hydrogens (tertiary/aromatic N) is 1. The van der Waals surface area contributed by atoms with Crippen LogP contribution in [0, 0.1) is 0 Å². The first-order valence-electron chi connectivity index (χ1n) is 9.32. The van der Waals surface area contributed by atoms with E-state index in [4.69, 9.17) is 9.47 Å². The normalized spacial score (nSPS) is 28.2. The summed E-state index contributed by atoms with van der Waals surface area (Å²) in [4.78, 5) is 14.4. The molecule has 0 aliphatic carbocycles. The summed E-state index contributed by atoms with van der Waals surface area (Å²) in [6.45, 7) is 3.17. The van der Waals surface area contributed by atoms with E-state index in [1.807, 2.05) is 29.2 Å². The van der Waals surface area contributed by atoms with Gasteiger partial charge in [0.2, 0.25) is 5.91 Å². The van der Waals surface area contributed by atoms with Gasteiger partial charge in [0.1, 0.15) is 17.5 Å². The minimum Gasteiger partial charge on any atom is -0.496 e. The number of ether oxygens (including phenoxy) is 2. The number of aliphatic hydroxyl groups excluding tert-OH is 1. The number of para-hydroxylation sites is 1. The Balaban J connectivity index is 1.55. The summed E-state index contributed by atoms with van der Waals surface area (Å²) in [7, 11) is 1.63. The predicted octanol–water partition coefficient (Wildman–Crippen LogP) is 1.52. The van der Waals surface area contributed by atoms with Crippen molar-refractivity contribution in [1.29, 1.82) is 0 Å². The molecule has 2 heterocycles. The fraction of sp³-hybridized carbons (Fsp3) is 0.650. The molecule has 2 atom stereocenters. The third kappa shape index (κ3) is 3.72. The van der Waals surface area contributed by atoms with Crippen molar-refractivity contribution in [2.24, 2.45) is 0 Å². The number of amides is 1. The van der Waals surface area contributed by atoms with Gasteiger partial charge in [0.25, 0.3) is 0 Å². The van der Waals surface area contributed by atoms with Crippen molar-refractivity contribution in [3.8, 4) is 5.75 Å². The topological polar surface area (TPSA) is 79.2 Å². The Morgan fingerprint density at radius 1 is 1.31 bits per heavy atom. The van der Waals surface area contributed by atoms with Crippen molar-refractivity contribution < 1.29 is 24.5 Å². The molecule has 1 aromatic rings. The Bertz CT molecular complexity index is 637. The molecule has 144 valence electrons. The van der Waals surface area contributed by atoms with Crippen LogP contribution >= 0.6 is 0 Å². The van der Waals surface area contributed by atoms with Crippen LogP contribution in [0.4, 0.5) is 0 Å². The SMILES string of the molecule is COc1ccccc1CCC(=O)N1CCC2(CC1)OCC[C@@](C)(O)[C@@H]2O. The highest BCUT2D eigenvalue weighted by atomic mass is 16.5. The maximum absolute atomic E-state index is 12.6. The zero-order chi connectivity index (χ0) is 18.8. The molecule has 1 aromatic carbocycles. The van der Waals surface area contributed by atoms with E-state index in [1.165, 1.54) is 0 Å². The Morgan fingerprint density at radius 2 is 2.00 bits per heavy atom. The first kappa shape index (κ1) is 19.1. The van der Waals surface area contributed by atoms with E-state index in [-0.39, 0.29) is 5.91 Å². The molecule has 1 spiro atoms. The fourth-order valence-electron chi connectivity index (χ4n) is 4.10. The first-order chi connectivity index (χ1) is 12.4. The van der Waals surface area contributed by atoms with Crippen molar-refractivity contribution in [3.05, 3.63) is 29.8 Å². The summed E-state index contributed by atoms with van der Waals surface area (Å²) in [6, 6.07) is 7.74. The molecule has 26 heavy (non-hydrogen) atoms. The number of piperidine rings is 1. The lowest BCUT2D eigenvalue weighted by molar-refractivity contribution is -0.245. The Hall–Kier alpha value is -1.63. The van der Waals surface area contributed by atoms with Crippen LogP contribution in [0.15, 0.2) is 24.3 Å². The van der Waals surface area contributed by atoms with Crippen LogP contribution in [0.1, 0.15) is 38.2 Å². The first-order valence-corrected chi connectivity index (χ1v) is 9.32. The van der Waals surface area contributed by atoms with E-state index in [0.717, 1.165) is 11.3 Å². The predicted molar refractivity (Wildman–Crippen MR) is 97.1 cm³/mol. The van der Waals surface area contributed by atoms with Crippen molar-refractivity contribution in [2.45, 2.75) is 56.3 Å². The lowest BCUT2D eigenvalue weighted by Gasteiger charge is -2.51. The number of aliphatic hydroxyl groups is 2. The van der Waals surface area contributed by atoms with Gasteiger partial charge in [-0.2, -0.15) is 0 Å². The van der Waals surface area contributed by atoms with Gasteiger partial charge in [-0.15, -0.1) is 0 Å². The largest absolute Gasteiger partial charge is 0.496 e. The van der Waals surface area contributed by atoms with Crippen LogP contribution in [0.3, 0.4) is 0 Å². The van der Waals surface area contributed by atoms with Crippen LogP contribution < -0.4 is 4.74 Å². The molecule has 2 fully saturated rings. The molecule has 2 aliphatic rings. The molecule has 0 radical (unpaired) electrons. The number of benzene rings is 1. The van der Waals surface area contributed by atoms with Crippen LogP contribution in [0.25, 0.3) is 0 Å². The molecule has 0 saturated carbocycles. The highest BCUT2D eigenvalue weighted by Crippen LogP contribution is 2.39. The average molecular weight is 363 g/mol. The molecule has 2 N–H and O–H groups in total. The van der Waals surface area contributed by atoms with Gasteiger partial charge in [-0.25, -0.2) is 0 Å². The number of aryl methyl sites for hydroxylation is 1. The van der Waals surface area contributed by atoms with Gasteiger partial charge in [-0.3, -0.25) is 4.79 Å². The van der Waals surface area contributed by atoms with E-state index < -0.39 is 17.3 Å². The van der Waals surface area contributed by atoms with Crippen molar-refractivity contribution >= 4 is 5.91 Å². The highest BCUT2D eigenvalue weighted by molar-refractivity contribution is 5.76. The molecular weight excluding hydrogens is 334 g/mol.